The lowest BCUT2D eigenvalue weighted by atomic mass is 9.99. The summed E-state index contributed by atoms with van der Waals surface area (Å²) in [7, 11) is -3.04. The van der Waals surface area contributed by atoms with Gasteiger partial charge in [-0.15, -0.1) is 0 Å². The number of hydrogen-bond donors (Lipinski definition) is 1. The fourth-order valence-electron chi connectivity index (χ4n) is 2.70. The van der Waals surface area contributed by atoms with Crippen LogP contribution in [0.15, 0.2) is 30.3 Å². The lowest BCUT2D eigenvalue weighted by molar-refractivity contribution is 0.257. The number of sulfonamides is 1. The minimum Gasteiger partial charge on any atom is -0.310 e. The zero-order chi connectivity index (χ0) is 14.6. The highest BCUT2D eigenvalue weighted by molar-refractivity contribution is 7.88. The molecular weight excluding hydrogens is 272 g/mol. The zero-order valence-electron chi connectivity index (χ0n) is 12.2. The Balaban J connectivity index is 1.85. The van der Waals surface area contributed by atoms with Crippen LogP contribution in [0.5, 0.6) is 0 Å². The summed E-state index contributed by atoms with van der Waals surface area (Å²) in [6.07, 6.45) is 3.36. The number of benzene rings is 1. The number of rotatable bonds is 5. The molecular formula is C15H24N2O2S. The highest BCUT2D eigenvalue weighted by Gasteiger charge is 2.25. The maximum atomic E-state index is 11.6. The molecule has 2 rings (SSSR count). The van der Waals surface area contributed by atoms with Crippen LogP contribution in [0.4, 0.5) is 0 Å². The minimum atomic E-state index is -3.04. The molecule has 0 aliphatic carbocycles. The van der Waals surface area contributed by atoms with Gasteiger partial charge in [0.05, 0.1) is 6.26 Å². The van der Waals surface area contributed by atoms with Crippen molar-refractivity contribution in [2.75, 3.05) is 25.9 Å². The fraction of sp³-hybridized carbons (Fsp3) is 0.600. The van der Waals surface area contributed by atoms with Gasteiger partial charge in [0, 0.05) is 19.1 Å². The van der Waals surface area contributed by atoms with Crippen LogP contribution < -0.4 is 5.32 Å². The first kappa shape index (κ1) is 15.5. The molecule has 0 amide bonds. The van der Waals surface area contributed by atoms with Crippen molar-refractivity contribution in [2.45, 2.75) is 25.8 Å². The molecule has 1 aromatic carbocycles. The van der Waals surface area contributed by atoms with Gasteiger partial charge < -0.3 is 5.32 Å². The first-order chi connectivity index (χ1) is 9.47. The van der Waals surface area contributed by atoms with Crippen LogP contribution in [0.1, 0.15) is 31.4 Å². The molecule has 0 spiro atoms. The van der Waals surface area contributed by atoms with Crippen LogP contribution in [0.25, 0.3) is 0 Å². The molecule has 112 valence electrons. The molecule has 0 saturated carbocycles. The largest absolute Gasteiger partial charge is 0.310 e. The van der Waals surface area contributed by atoms with Gasteiger partial charge >= 0.3 is 0 Å². The van der Waals surface area contributed by atoms with Gasteiger partial charge in [0.1, 0.15) is 0 Å². The van der Waals surface area contributed by atoms with Crippen LogP contribution >= 0.6 is 0 Å². The van der Waals surface area contributed by atoms with Gasteiger partial charge in [0.2, 0.25) is 10.0 Å². The number of hydrogen-bond acceptors (Lipinski definition) is 3. The second-order valence-electron chi connectivity index (χ2n) is 5.67. The molecule has 1 aliphatic heterocycles. The average molecular weight is 296 g/mol. The van der Waals surface area contributed by atoms with E-state index in [1.807, 2.05) is 18.2 Å². The van der Waals surface area contributed by atoms with Crippen molar-refractivity contribution < 1.29 is 8.42 Å². The van der Waals surface area contributed by atoms with Crippen molar-refractivity contribution in [1.82, 2.24) is 9.62 Å². The second-order valence-corrected chi connectivity index (χ2v) is 7.65. The molecule has 1 aromatic rings. The smallest absolute Gasteiger partial charge is 0.211 e. The van der Waals surface area contributed by atoms with Crippen LogP contribution in [-0.4, -0.2) is 38.6 Å². The third-order valence-corrected chi connectivity index (χ3v) is 5.23. The van der Waals surface area contributed by atoms with E-state index in [1.54, 1.807) is 4.31 Å². The molecule has 1 aliphatic rings. The van der Waals surface area contributed by atoms with Crippen LogP contribution in [0.2, 0.25) is 0 Å². The first-order valence-electron chi connectivity index (χ1n) is 7.20. The standard InChI is InChI=1S/C15H24N2O2S/c1-13(15-8-4-3-5-9-15)16-11-14-7-6-10-17(12-14)20(2,18)19/h3-5,8-9,13-14,16H,6-7,10-12H2,1-2H3/t13-,14?/m0/s1. The van der Waals surface area contributed by atoms with Gasteiger partial charge in [0.25, 0.3) is 0 Å². The van der Waals surface area contributed by atoms with Gasteiger partial charge in [-0.2, -0.15) is 0 Å². The summed E-state index contributed by atoms with van der Waals surface area (Å²) in [6.45, 7) is 4.32. The molecule has 1 fully saturated rings. The molecule has 1 N–H and O–H groups in total. The quantitative estimate of drug-likeness (QED) is 0.904. The summed E-state index contributed by atoms with van der Waals surface area (Å²) in [5.41, 5.74) is 1.27. The van der Waals surface area contributed by atoms with Gasteiger partial charge in [-0.05, 0) is 37.8 Å². The highest BCUT2D eigenvalue weighted by atomic mass is 32.2. The van der Waals surface area contributed by atoms with E-state index < -0.39 is 10.0 Å². The number of nitrogens with zero attached hydrogens (tertiary/aromatic N) is 1. The first-order valence-corrected chi connectivity index (χ1v) is 9.05. The summed E-state index contributed by atoms with van der Waals surface area (Å²) in [4.78, 5) is 0. The van der Waals surface area contributed by atoms with Gasteiger partial charge in [-0.25, -0.2) is 12.7 Å². The molecule has 0 radical (unpaired) electrons. The second kappa shape index (κ2) is 6.70. The Kier molecular flexibility index (Phi) is 5.18. The predicted octanol–water partition coefficient (Wildman–Crippen LogP) is 2.01. The van der Waals surface area contributed by atoms with Crippen molar-refractivity contribution in [1.29, 1.82) is 0 Å². The van der Waals surface area contributed by atoms with Crippen molar-refractivity contribution >= 4 is 10.0 Å². The predicted molar refractivity (Wildman–Crippen MR) is 82.0 cm³/mol. The molecule has 0 aromatic heterocycles. The molecule has 20 heavy (non-hydrogen) atoms. The molecule has 4 nitrogen and oxygen atoms in total. The van der Waals surface area contributed by atoms with Crippen LogP contribution in [0.3, 0.4) is 0 Å². The average Bonchev–Trinajstić information content (AvgIpc) is 2.45. The molecule has 1 saturated heterocycles. The van der Waals surface area contributed by atoms with E-state index in [0.29, 0.717) is 25.0 Å². The van der Waals surface area contributed by atoms with Crippen molar-refractivity contribution in [2.24, 2.45) is 5.92 Å². The van der Waals surface area contributed by atoms with Gasteiger partial charge in [0.15, 0.2) is 0 Å². The zero-order valence-corrected chi connectivity index (χ0v) is 13.1. The highest BCUT2D eigenvalue weighted by Crippen LogP contribution is 2.19. The monoisotopic (exact) mass is 296 g/mol. The van der Waals surface area contributed by atoms with Crippen molar-refractivity contribution in [3.63, 3.8) is 0 Å². The number of piperidine rings is 1. The van der Waals surface area contributed by atoms with E-state index in [0.717, 1.165) is 19.4 Å². The van der Waals surface area contributed by atoms with Gasteiger partial charge in [-0.1, -0.05) is 30.3 Å². The summed E-state index contributed by atoms with van der Waals surface area (Å²) in [5.74, 6) is 0.407. The molecule has 5 heteroatoms. The Morgan fingerprint density at radius 3 is 2.70 bits per heavy atom. The van der Waals surface area contributed by atoms with E-state index in [4.69, 9.17) is 0 Å². The van der Waals surface area contributed by atoms with Crippen molar-refractivity contribution in [3.05, 3.63) is 35.9 Å². The topological polar surface area (TPSA) is 49.4 Å². The lowest BCUT2D eigenvalue weighted by Crippen LogP contribution is -2.42. The van der Waals surface area contributed by atoms with E-state index in [1.165, 1.54) is 11.8 Å². The van der Waals surface area contributed by atoms with Crippen LogP contribution in [-0.2, 0) is 10.0 Å². The van der Waals surface area contributed by atoms with Gasteiger partial charge in [-0.3, -0.25) is 0 Å². The molecule has 2 atom stereocenters. The van der Waals surface area contributed by atoms with E-state index in [-0.39, 0.29) is 0 Å². The third-order valence-electron chi connectivity index (χ3n) is 3.96. The SMILES string of the molecule is C[C@H](NCC1CCCN(S(C)(=O)=O)C1)c1ccccc1. The Morgan fingerprint density at radius 2 is 2.05 bits per heavy atom. The Bertz CT molecular complexity index is 516. The Morgan fingerprint density at radius 1 is 1.35 bits per heavy atom. The Labute approximate surface area is 122 Å². The third kappa shape index (κ3) is 4.30. The van der Waals surface area contributed by atoms with E-state index in [2.05, 4.69) is 24.4 Å². The van der Waals surface area contributed by atoms with E-state index in [9.17, 15) is 8.42 Å². The minimum absolute atomic E-state index is 0.296. The summed E-state index contributed by atoms with van der Waals surface area (Å²) in [5, 5.41) is 3.52. The van der Waals surface area contributed by atoms with Crippen molar-refractivity contribution in [3.8, 4) is 0 Å². The normalized spacial score (nSPS) is 22.6. The summed E-state index contributed by atoms with van der Waals surface area (Å²) < 4.78 is 24.8. The number of nitrogens with one attached hydrogen (secondary N) is 1. The maximum absolute atomic E-state index is 11.6. The fourth-order valence-corrected chi connectivity index (χ4v) is 3.64. The van der Waals surface area contributed by atoms with E-state index >= 15 is 0 Å². The van der Waals surface area contributed by atoms with Crippen LogP contribution in [0, 0.1) is 5.92 Å². The summed E-state index contributed by atoms with van der Waals surface area (Å²) >= 11 is 0. The molecule has 1 heterocycles. The maximum Gasteiger partial charge on any atom is 0.211 e. The Hall–Kier alpha value is -0.910. The summed E-state index contributed by atoms with van der Waals surface area (Å²) in [6, 6.07) is 10.6. The lowest BCUT2D eigenvalue weighted by Gasteiger charge is -2.31. The molecule has 1 unspecified atom stereocenters. The molecule has 0 bridgehead atoms.